The van der Waals surface area contributed by atoms with Gasteiger partial charge in [0.15, 0.2) is 0 Å². The van der Waals surface area contributed by atoms with Crippen molar-refractivity contribution in [3.8, 4) is 0 Å². The maximum absolute atomic E-state index is 13.0. The van der Waals surface area contributed by atoms with Gasteiger partial charge in [-0.25, -0.2) is 4.39 Å². The molecule has 0 unspecified atom stereocenters. The van der Waals surface area contributed by atoms with Gasteiger partial charge in [0.1, 0.15) is 5.82 Å². The van der Waals surface area contributed by atoms with Crippen LogP contribution in [0, 0.1) is 17.1 Å². The number of piperazine rings is 1. The maximum Gasteiger partial charge on any atom is 0.123 e. The highest BCUT2D eigenvalue weighted by Gasteiger charge is 2.25. The highest BCUT2D eigenvalue weighted by atomic mass is 19.1. The van der Waals surface area contributed by atoms with Crippen LogP contribution in [0.3, 0.4) is 0 Å². The topological polar surface area (TPSA) is 30.3 Å². The molecular formula is C17H24FN3. The molecule has 1 aliphatic heterocycles. The van der Waals surface area contributed by atoms with Crippen LogP contribution < -0.4 is 4.90 Å². The normalized spacial score (nSPS) is 20.6. The summed E-state index contributed by atoms with van der Waals surface area (Å²) < 4.78 is 13.0. The second kappa shape index (κ2) is 6.46. The van der Waals surface area contributed by atoms with E-state index in [1.165, 1.54) is 44.2 Å². The third-order valence-electron chi connectivity index (χ3n) is 4.80. The third-order valence-corrected chi connectivity index (χ3v) is 4.80. The molecule has 1 aromatic carbocycles. The van der Waals surface area contributed by atoms with Crippen molar-refractivity contribution < 1.29 is 4.39 Å². The lowest BCUT2D eigenvalue weighted by atomic mass is 9.88. The van der Waals surface area contributed by atoms with Crippen LogP contribution in [-0.2, 0) is 0 Å². The number of hydrogen-bond acceptors (Lipinski definition) is 2. The number of amidine groups is 1. The molecule has 3 rings (SSSR count). The maximum atomic E-state index is 13.0. The number of nitrogens with one attached hydrogen (secondary N) is 1. The van der Waals surface area contributed by atoms with E-state index in [2.05, 4.69) is 9.80 Å². The summed E-state index contributed by atoms with van der Waals surface area (Å²) in [4.78, 5) is 4.53. The van der Waals surface area contributed by atoms with Gasteiger partial charge in [0.05, 0.1) is 5.84 Å². The fraction of sp³-hybridized carbons (Fsp3) is 0.588. The summed E-state index contributed by atoms with van der Waals surface area (Å²) in [5.41, 5.74) is 1.08. The summed E-state index contributed by atoms with van der Waals surface area (Å²) >= 11 is 0. The van der Waals surface area contributed by atoms with E-state index in [1.54, 1.807) is 0 Å². The van der Waals surface area contributed by atoms with Gasteiger partial charge in [-0.05, 0) is 37.1 Å². The monoisotopic (exact) mass is 289 g/mol. The molecule has 2 fully saturated rings. The molecule has 1 aromatic rings. The van der Waals surface area contributed by atoms with Crippen LogP contribution >= 0.6 is 0 Å². The minimum absolute atomic E-state index is 0.184. The molecule has 1 saturated heterocycles. The van der Waals surface area contributed by atoms with Gasteiger partial charge in [-0.15, -0.1) is 0 Å². The molecule has 4 heteroatoms. The van der Waals surface area contributed by atoms with Gasteiger partial charge in [0.25, 0.3) is 0 Å². The van der Waals surface area contributed by atoms with Crippen LogP contribution in [0.4, 0.5) is 10.1 Å². The van der Waals surface area contributed by atoms with Crippen LogP contribution in [0.5, 0.6) is 0 Å². The molecule has 0 amide bonds. The SMILES string of the molecule is N=C(C1CCCCC1)N1CCN(c2ccc(F)cc2)CC1. The van der Waals surface area contributed by atoms with E-state index in [-0.39, 0.29) is 5.82 Å². The van der Waals surface area contributed by atoms with Gasteiger partial charge >= 0.3 is 0 Å². The van der Waals surface area contributed by atoms with E-state index in [9.17, 15) is 4.39 Å². The fourth-order valence-corrected chi connectivity index (χ4v) is 3.49. The van der Waals surface area contributed by atoms with Crippen molar-refractivity contribution in [3.63, 3.8) is 0 Å². The lowest BCUT2D eigenvalue weighted by Crippen LogP contribution is -2.50. The van der Waals surface area contributed by atoms with E-state index in [0.29, 0.717) is 5.92 Å². The molecule has 1 heterocycles. The Morgan fingerprint density at radius 1 is 0.952 bits per heavy atom. The molecule has 3 nitrogen and oxygen atoms in total. The highest BCUT2D eigenvalue weighted by molar-refractivity contribution is 5.82. The summed E-state index contributed by atoms with van der Waals surface area (Å²) in [7, 11) is 0. The number of benzene rings is 1. The van der Waals surface area contributed by atoms with Crippen LogP contribution in [0.1, 0.15) is 32.1 Å². The van der Waals surface area contributed by atoms with E-state index in [1.807, 2.05) is 12.1 Å². The number of halogens is 1. The molecule has 21 heavy (non-hydrogen) atoms. The molecule has 0 bridgehead atoms. The molecule has 1 aliphatic carbocycles. The molecule has 1 N–H and O–H groups in total. The predicted octanol–water partition coefficient (Wildman–Crippen LogP) is 3.51. The van der Waals surface area contributed by atoms with Crippen molar-refractivity contribution in [1.29, 1.82) is 5.41 Å². The first-order chi connectivity index (χ1) is 10.2. The fourth-order valence-electron chi connectivity index (χ4n) is 3.49. The zero-order valence-electron chi connectivity index (χ0n) is 12.5. The van der Waals surface area contributed by atoms with E-state index >= 15 is 0 Å². The molecule has 0 aromatic heterocycles. The molecule has 0 spiro atoms. The van der Waals surface area contributed by atoms with Crippen molar-refractivity contribution in [2.45, 2.75) is 32.1 Å². The first kappa shape index (κ1) is 14.4. The third kappa shape index (κ3) is 3.36. The van der Waals surface area contributed by atoms with Crippen LogP contribution in [0.25, 0.3) is 0 Å². The van der Waals surface area contributed by atoms with Crippen LogP contribution in [-0.4, -0.2) is 36.9 Å². The Balaban J connectivity index is 1.54. The zero-order chi connectivity index (χ0) is 14.7. The van der Waals surface area contributed by atoms with Gasteiger partial charge in [0, 0.05) is 37.8 Å². The highest BCUT2D eigenvalue weighted by Crippen LogP contribution is 2.26. The first-order valence-corrected chi connectivity index (χ1v) is 8.08. The Hall–Kier alpha value is -1.58. The molecule has 1 saturated carbocycles. The Kier molecular flexibility index (Phi) is 4.42. The summed E-state index contributed by atoms with van der Waals surface area (Å²) in [6.45, 7) is 3.65. The summed E-state index contributed by atoms with van der Waals surface area (Å²) in [5, 5.41) is 8.43. The quantitative estimate of drug-likeness (QED) is 0.667. The standard InChI is InChI=1S/C17H24FN3/c18-15-6-8-16(9-7-15)20-10-12-21(13-11-20)17(19)14-4-2-1-3-5-14/h6-9,14,19H,1-5,10-13H2. The average Bonchev–Trinajstić information content (AvgIpc) is 2.56. The smallest absolute Gasteiger partial charge is 0.123 e. The molecule has 0 radical (unpaired) electrons. The minimum Gasteiger partial charge on any atom is -0.368 e. The summed E-state index contributed by atoms with van der Waals surface area (Å²) in [6, 6.07) is 6.73. The van der Waals surface area contributed by atoms with Gasteiger partial charge < -0.3 is 9.80 Å². The van der Waals surface area contributed by atoms with Gasteiger partial charge in [-0.3, -0.25) is 5.41 Å². The lowest BCUT2D eigenvalue weighted by molar-refractivity contribution is 0.335. The largest absolute Gasteiger partial charge is 0.368 e. The lowest BCUT2D eigenvalue weighted by Gasteiger charge is -2.39. The van der Waals surface area contributed by atoms with Crippen molar-refractivity contribution in [2.75, 3.05) is 31.1 Å². The van der Waals surface area contributed by atoms with Gasteiger partial charge in [0.2, 0.25) is 0 Å². The van der Waals surface area contributed by atoms with Crippen LogP contribution in [0.2, 0.25) is 0 Å². The number of nitrogens with zero attached hydrogens (tertiary/aromatic N) is 2. The Bertz CT molecular complexity index is 471. The number of rotatable bonds is 2. The summed E-state index contributed by atoms with van der Waals surface area (Å²) in [5.74, 6) is 1.15. The van der Waals surface area contributed by atoms with Crippen molar-refractivity contribution in [1.82, 2.24) is 4.90 Å². The zero-order valence-corrected chi connectivity index (χ0v) is 12.5. The van der Waals surface area contributed by atoms with Crippen molar-refractivity contribution >= 4 is 11.5 Å². The Morgan fingerprint density at radius 3 is 2.19 bits per heavy atom. The van der Waals surface area contributed by atoms with Crippen molar-refractivity contribution in [2.24, 2.45) is 5.92 Å². The second-order valence-electron chi connectivity index (χ2n) is 6.17. The number of hydrogen-bond donors (Lipinski definition) is 1. The van der Waals surface area contributed by atoms with Gasteiger partial charge in [-0.2, -0.15) is 0 Å². The molecule has 0 atom stereocenters. The molecular weight excluding hydrogens is 265 g/mol. The Morgan fingerprint density at radius 2 is 1.57 bits per heavy atom. The van der Waals surface area contributed by atoms with Crippen molar-refractivity contribution in [3.05, 3.63) is 30.1 Å². The first-order valence-electron chi connectivity index (χ1n) is 8.08. The average molecular weight is 289 g/mol. The van der Waals surface area contributed by atoms with Crippen LogP contribution in [0.15, 0.2) is 24.3 Å². The van der Waals surface area contributed by atoms with E-state index in [4.69, 9.17) is 5.41 Å². The number of anilines is 1. The molecule has 114 valence electrons. The minimum atomic E-state index is -0.184. The predicted molar refractivity (Wildman–Crippen MR) is 84.5 cm³/mol. The molecule has 2 aliphatic rings. The summed E-state index contributed by atoms with van der Waals surface area (Å²) in [6.07, 6.45) is 6.28. The van der Waals surface area contributed by atoms with Gasteiger partial charge in [-0.1, -0.05) is 19.3 Å². The second-order valence-corrected chi connectivity index (χ2v) is 6.17. The van der Waals surface area contributed by atoms with E-state index < -0.39 is 0 Å². The van der Waals surface area contributed by atoms with E-state index in [0.717, 1.165) is 37.7 Å². The Labute approximate surface area is 126 Å².